The number of benzene rings is 1. The number of anilines is 2. The molecular formula is C21H32N6O2S. The predicted molar refractivity (Wildman–Crippen MR) is 121 cm³/mol. The van der Waals surface area contributed by atoms with Crippen LogP contribution in [0.2, 0.25) is 0 Å². The molecule has 1 aliphatic carbocycles. The number of methoxy groups -OCH3 is 1. The third kappa shape index (κ3) is 7.14. The first-order valence-corrected chi connectivity index (χ1v) is 11.5. The second-order valence-corrected chi connectivity index (χ2v) is 8.47. The number of ether oxygens (including phenoxy) is 1. The van der Waals surface area contributed by atoms with E-state index in [1.807, 2.05) is 12.1 Å². The second-order valence-electron chi connectivity index (χ2n) is 7.49. The van der Waals surface area contributed by atoms with Crippen LogP contribution in [0.1, 0.15) is 44.6 Å². The van der Waals surface area contributed by atoms with Gasteiger partial charge in [0.05, 0.1) is 7.11 Å². The minimum absolute atomic E-state index is 0.193. The number of rotatable bonds is 11. The summed E-state index contributed by atoms with van der Waals surface area (Å²) in [6.45, 7) is 5.89. The fourth-order valence-electron chi connectivity index (χ4n) is 3.57. The summed E-state index contributed by atoms with van der Waals surface area (Å²) in [5, 5.41) is 18.5. The van der Waals surface area contributed by atoms with E-state index in [9.17, 15) is 4.79 Å². The molecular weight excluding hydrogens is 400 g/mol. The van der Waals surface area contributed by atoms with Crippen molar-refractivity contribution in [3.8, 4) is 5.75 Å². The fraction of sp³-hybridized carbons (Fsp3) is 0.571. The SMILES string of the molecule is CCN(CCCNc1nnc(NC(=O)NC2CCCC2)s1)Cc1ccc(OC)cc1. The van der Waals surface area contributed by atoms with E-state index in [4.69, 9.17) is 4.74 Å². The summed E-state index contributed by atoms with van der Waals surface area (Å²) in [4.78, 5) is 14.4. The molecule has 0 atom stereocenters. The molecule has 8 nitrogen and oxygen atoms in total. The number of carbonyl (C=O) groups is 1. The summed E-state index contributed by atoms with van der Waals surface area (Å²) in [7, 11) is 1.68. The standard InChI is InChI=1S/C21H32N6O2S/c1-3-27(15-16-9-11-18(29-2)12-10-16)14-6-13-22-20-25-26-21(30-20)24-19(28)23-17-7-4-5-8-17/h9-12,17H,3-8,13-15H2,1-2H3,(H,22,25)(H2,23,24,26,28). The Bertz CT molecular complexity index is 776. The Morgan fingerprint density at radius 2 is 1.93 bits per heavy atom. The van der Waals surface area contributed by atoms with Crippen LogP contribution in [0, 0.1) is 0 Å². The highest BCUT2D eigenvalue weighted by atomic mass is 32.1. The van der Waals surface area contributed by atoms with Crippen molar-refractivity contribution >= 4 is 27.6 Å². The van der Waals surface area contributed by atoms with Gasteiger partial charge >= 0.3 is 6.03 Å². The number of hydrogen-bond acceptors (Lipinski definition) is 7. The molecule has 0 aliphatic heterocycles. The van der Waals surface area contributed by atoms with E-state index in [-0.39, 0.29) is 12.1 Å². The van der Waals surface area contributed by atoms with Crippen LogP contribution < -0.4 is 20.7 Å². The minimum atomic E-state index is -0.193. The third-order valence-electron chi connectivity index (χ3n) is 5.28. The van der Waals surface area contributed by atoms with Crippen molar-refractivity contribution in [1.82, 2.24) is 20.4 Å². The van der Waals surface area contributed by atoms with Gasteiger partial charge in [-0.3, -0.25) is 10.2 Å². The van der Waals surface area contributed by atoms with Gasteiger partial charge in [-0.25, -0.2) is 4.79 Å². The largest absolute Gasteiger partial charge is 0.497 e. The van der Waals surface area contributed by atoms with E-state index < -0.39 is 0 Å². The smallest absolute Gasteiger partial charge is 0.321 e. The monoisotopic (exact) mass is 432 g/mol. The molecule has 1 saturated carbocycles. The highest BCUT2D eigenvalue weighted by Gasteiger charge is 2.17. The van der Waals surface area contributed by atoms with Crippen molar-refractivity contribution in [2.75, 3.05) is 37.4 Å². The summed E-state index contributed by atoms with van der Waals surface area (Å²) in [5.41, 5.74) is 1.28. The molecule has 9 heteroatoms. The Labute approximate surface area is 182 Å². The maximum absolute atomic E-state index is 12.0. The molecule has 1 fully saturated rings. The van der Waals surface area contributed by atoms with E-state index in [0.29, 0.717) is 5.13 Å². The van der Waals surface area contributed by atoms with E-state index in [1.165, 1.54) is 29.7 Å². The number of nitrogens with one attached hydrogen (secondary N) is 3. The summed E-state index contributed by atoms with van der Waals surface area (Å²) in [6.07, 6.45) is 5.49. The zero-order chi connectivity index (χ0) is 21.2. The van der Waals surface area contributed by atoms with Gasteiger partial charge < -0.3 is 15.4 Å². The zero-order valence-corrected chi connectivity index (χ0v) is 18.6. The number of amides is 2. The quantitative estimate of drug-likeness (QED) is 0.466. The van der Waals surface area contributed by atoms with Crippen LogP contribution in [0.5, 0.6) is 5.75 Å². The molecule has 2 amide bonds. The lowest BCUT2D eigenvalue weighted by atomic mass is 10.2. The normalized spacial score (nSPS) is 14.1. The average Bonchev–Trinajstić information content (AvgIpc) is 3.42. The molecule has 1 aromatic heterocycles. The molecule has 0 bridgehead atoms. The number of aromatic nitrogens is 2. The lowest BCUT2D eigenvalue weighted by Gasteiger charge is -2.20. The van der Waals surface area contributed by atoms with Crippen LogP contribution in [0.3, 0.4) is 0 Å². The van der Waals surface area contributed by atoms with Crippen molar-refractivity contribution < 1.29 is 9.53 Å². The Hall–Kier alpha value is -2.39. The highest BCUT2D eigenvalue weighted by molar-refractivity contribution is 7.19. The molecule has 2 aromatic rings. The van der Waals surface area contributed by atoms with Crippen LogP contribution >= 0.6 is 11.3 Å². The molecule has 0 unspecified atom stereocenters. The average molecular weight is 433 g/mol. The molecule has 1 heterocycles. The number of carbonyl (C=O) groups excluding carboxylic acids is 1. The molecule has 0 radical (unpaired) electrons. The van der Waals surface area contributed by atoms with Crippen molar-refractivity contribution in [1.29, 1.82) is 0 Å². The number of nitrogens with zero attached hydrogens (tertiary/aromatic N) is 3. The van der Waals surface area contributed by atoms with Crippen molar-refractivity contribution in [2.45, 2.75) is 51.6 Å². The van der Waals surface area contributed by atoms with E-state index in [2.05, 4.69) is 50.1 Å². The lowest BCUT2D eigenvalue weighted by molar-refractivity contribution is 0.248. The Morgan fingerprint density at radius 1 is 1.20 bits per heavy atom. The molecule has 1 aromatic carbocycles. The van der Waals surface area contributed by atoms with Gasteiger partial charge in [0, 0.05) is 25.7 Å². The third-order valence-corrected chi connectivity index (χ3v) is 6.07. The molecule has 164 valence electrons. The Balaban J connectivity index is 1.34. The molecule has 30 heavy (non-hydrogen) atoms. The predicted octanol–water partition coefficient (Wildman–Crippen LogP) is 3.93. The van der Waals surface area contributed by atoms with E-state index >= 15 is 0 Å². The van der Waals surface area contributed by atoms with Gasteiger partial charge in [-0.05, 0) is 43.5 Å². The molecule has 0 spiro atoms. The van der Waals surface area contributed by atoms with E-state index in [1.54, 1.807) is 7.11 Å². The van der Waals surface area contributed by atoms with Crippen LogP contribution in [0.15, 0.2) is 24.3 Å². The minimum Gasteiger partial charge on any atom is -0.497 e. The van der Waals surface area contributed by atoms with Gasteiger partial charge in [-0.2, -0.15) is 0 Å². The Kier molecular flexibility index (Phi) is 8.70. The van der Waals surface area contributed by atoms with Crippen LogP contribution in [-0.4, -0.2) is 53.9 Å². The van der Waals surface area contributed by atoms with Gasteiger partial charge in [0.2, 0.25) is 10.3 Å². The maximum atomic E-state index is 12.0. The Morgan fingerprint density at radius 3 is 2.63 bits per heavy atom. The molecule has 0 saturated heterocycles. The lowest BCUT2D eigenvalue weighted by Crippen LogP contribution is -2.36. The van der Waals surface area contributed by atoms with Crippen molar-refractivity contribution in [3.05, 3.63) is 29.8 Å². The molecule has 1 aliphatic rings. The van der Waals surface area contributed by atoms with E-state index in [0.717, 1.165) is 56.3 Å². The maximum Gasteiger partial charge on any atom is 0.321 e. The van der Waals surface area contributed by atoms with Crippen LogP contribution in [0.4, 0.5) is 15.1 Å². The first kappa shape index (κ1) is 22.3. The summed E-state index contributed by atoms with van der Waals surface area (Å²) >= 11 is 1.36. The van der Waals surface area contributed by atoms with Crippen LogP contribution in [-0.2, 0) is 6.54 Å². The highest BCUT2D eigenvalue weighted by Crippen LogP contribution is 2.21. The second kappa shape index (κ2) is 11.7. The molecule has 3 N–H and O–H groups in total. The fourth-order valence-corrected chi connectivity index (χ4v) is 4.23. The first-order chi connectivity index (χ1) is 14.7. The molecule has 3 rings (SSSR count). The van der Waals surface area contributed by atoms with Gasteiger partial charge in [0.15, 0.2) is 0 Å². The topological polar surface area (TPSA) is 91.4 Å². The summed E-state index contributed by atoms with van der Waals surface area (Å²) in [6, 6.07) is 8.31. The number of hydrogen-bond donors (Lipinski definition) is 3. The van der Waals surface area contributed by atoms with Crippen molar-refractivity contribution in [2.24, 2.45) is 0 Å². The first-order valence-electron chi connectivity index (χ1n) is 10.7. The van der Waals surface area contributed by atoms with Crippen molar-refractivity contribution in [3.63, 3.8) is 0 Å². The van der Waals surface area contributed by atoms with Gasteiger partial charge in [0.25, 0.3) is 0 Å². The zero-order valence-electron chi connectivity index (χ0n) is 17.8. The summed E-state index contributed by atoms with van der Waals surface area (Å²) < 4.78 is 5.22. The van der Waals surface area contributed by atoms with Crippen LogP contribution in [0.25, 0.3) is 0 Å². The summed E-state index contributed by atoms with van der Waals surface area (Å²) in [5.74, 6) is 0.882. The van der Waals surface area contributed by atoms with Gasteiger partial charge in [-0.15, -0.1) is 10.2 Å². The number of urea groups is 1. The van der Waals surface area contributed by atoms with Gasteiger partial charge in [-0.1, -0.05) is 43.2 Å². The van der Waals surface area contributed by atoms with Gasteiger partial charge in [0.1, 0.15) is 5.75 Å².